The molecule has 0 aliphatic carbocycles. The summed E-state index contributed by atoms with van der Waals surface area (Å²) in [6, 6.07) is 10.5. The van der Waals surface area contributed by atoms with Crippen molar-refractivity contribution in [2.45, 2.75) is 6.61 Å². The van der Waals surface area contributed by atoms with Crippen molar-refractivity contribution in [3.05, 3.63) is 64.1 Å². The van der Waals surface area contributed by atoms with Gasteiger partial charge in [0, 0.05) is 19.3 Å². The molecule has 0 radical (unpaired) electrons. The van der Waals surface area contributed by atoms with Crippen LogP contribution in [0.3, 0.4) is 0 Å². The normalized spacial score (nSPS) is 10.2. The maximum atomic E-state index is 11.7. The number of nitrogens with zero attached hydrogens (tertiary/aromatic N) is 1. The van der Waals surface area contributed by atoms with Gasteiger partial charge in [0.15, 0.2) is 11.4 Å². The summed E-state index contributed by atoms with van der Waals surface area (Å²) in [7, 11) is 1.55. The third-order valence-corrected chi connectivity index (χ3v) is 2.67. The Hall–Kier alpha value is -2.56. The SMILES string of the molecule is Cn1ccc(=O)c(OCc2ccccc2)c1C(=O)O. The Balaban J connectivity index is 2.32. The Labute approximate surface area is 109 Å². The summed E-state index contributed by atoms with van der Waals surface area (Å²) in [4.78, 5) is 22.9. The zero-order valence-corrected chi connectivity index (χ0v) is 10.4. The zero-order chi connectivity index (χ0) is 13.8. The lowest BCUT2D eigenvalue weighted by molar-refractivity contribution is 0.0679. The van der Waals surface area contributed by atoms with Gasteiger partial charge in [-0.3, -0.25) is 4.79 Å². The highest BCUT2D eigenvalue weighted by Crippen LogP contribution is 2.14. The highest BCUT2D eigenvalue weighted by atomic mass is 16.5. The molecule has 1 heterocycles. The number of ether oxygens (including phenoxy) is 1. The van der Waals surface area contributed by atoms with Crippen molar-refractivity contribution in [2.24, 2.45) is 7.05 Å². The molecule has 5 nitrogen and oxygen atoms in total. The summed E-state index contributed by atoms with van der Waals surface area (Å²) in [6.45, 7) is 0.153. The van der Waals surface area contributed by atoms with E-state index < -0.39 is 11.4 Å². The van der Waals surface area contributed by atoms with E-state index in [0.717, 1.165) is 5.56 Å². The van der Waals surface area contributed by atoms with Gasteiger partial charge in [-0.2, -0.15) is 0 Å². The molecule has 0 saturated carbocycles. The maximum Gasteiger partial charge on any atom is 0.356 e. The van der Waals surface area contributed by atoms with Gasteiger partial charge < -0.3 is 14.4 Å². The van der Waals surface area contributed by atoms with Gasteiger partial charge in [-0.05, 0) is 5.56 Å². The highest BCUT2D eigenvalue weighted by molar-refractivity contribution is 5.88. The molecule has 0 unspecified atom stereocenters. The molecule has 0 atom stereocenters. The van der Waals surface area contributed by atoms with Gasteiger partial charge in [-0.15, -0.1) is 0 Å². The van der Waals surface area contributed by atoms with Gasteiger partial charge in [-0.25, -0.2) is 4.79 Å². The average Bonchev–Trinajstić information content (AvgIpc) is 2.40. The van der Waals surface area contributed by atoms with Crippen LogP contribution >= 0.6 is 0 Å². The molecule has 0 bridgehead atoms. The molecular formula is C14H13NO4. The van der Waals surface area contributed by atoms with E-state index >= 15 is 0 Å². The van der Waals surface area contributed by atoms with E-state index in [4.69, 9.17) is 9.84 Å². The minimum atomic E-state index is -1.19. The topological polar surface area (TPSA) is 68.5 Å². The fraction of sp³-hybridized carbons (Fsp3) is 0.143. The van der Waals surface area contributed by atoms with Gasteiger partial charge in [0.1, 0.15) is 6.61 Å². The van der Waals surface area contributed by atoms with E-state index in [0.29, 0.717) is 0 Å². The van der Waals surface area contributed by atoms with Crippen molar-refractivity contribution in [1.29, 1.82) is 0 Å². The lowest BCUT2D eigenvalue weighted by Gasteiger charge is -2.11. The number of hydrogen-bond acceptors (Lipinski definition) is 3. The monoisotopic (exact) mass is 259 g/mol. The second kappa shape index (κ2) is 5.39. The van der Waals surface area contributed by atoms with Crippen LogP contribution in [0.5, 0.6) is 5.75 Å². The molecule has 0 aliphatic heterocycles. The molecule has 98 valence electrons. The largest absolute Gasteiger partial charge is 0.482 e. The molecule has 1 aromatic carbocycles. The molecule has 1 aromatic heterocycles. The fourth-order valence-corrected chi connectivity index (χ4v) is 1.72. The van der Waals surface area contributed by atoms with Crippen molar-refractivity contribution >= 4 is 5.97 Å². The number of pyridine rings is 1. The first-order valence-electron chi connectivity index (χ1n) is 5.69. The molecule has 5 heteroatoms. The Morgan fingerprint density at radius 3 is 2.58 bits per heavy atom. The Bertz CT molecular complexity index is 646. The summed E-state index contributed by atoms with van der Waals surface area (Å²) >= 11 is 0. The van der Waals surface area contributed by atoms with Crippen LogP contribution in [-0.2, 0) is 13.7 Å². The number of carboxylic acid groups (broad SMARTS) is 1. The lowest BCUT2D eigenvalue weighted by atomic mass is 10.2. The van der Waals surface area contributed by atoms with Gasteiger partial charge in [0.25, 0.3) is 0 Å². The van der Waals surface area contributed by atoms with Crippen molar-refractivity contribution in [1.82, 2.24) is 4.57 Å². The third kappa shape index (κ3) is 2.82. The van der Waals surface area contributed by atoms with E-state index in [9.17, 15) is 9.59 Å². The summed E-state index contributed by atoms with van der Waals surface area (Å²) in [5, 5.41) is 9.13. The molecule has 0 fully saturated rings. The van der Waals surface area contributed by atoms with Crippen molar-refractivity contribution in [3.63, 3.8) is 0 Å². The predicted octanol–water partition coefficient (Wildman–Crippen LogP) is 1.66. The van der Waals surface area contributed by atoms with Crippen LogP contribution in [0.2, 0.25) is 0 Å². The van der Waals surface area contributed by atoms with Crippen molar-refractivity contribution in [3.8, 4) is 5.75 Å². The van der Waals surface area contributed by atoms with Crippen LogP contribution < -0.4 is 10.2 Å². The molecule has 0 spiro atoms. The number of benzene rings is 1. The average molecular weight is 259 g/mol. The number of carboxylic acids is 1. The number of aromatic carboxylic acids is 1. The molecule has 0 amide bonds. The molecule has 19 heavy (non-hydrogen) atoms. The van der Waals surface area contributed by atoms with Crippen molar-refractivity contribution < 1.29 is 14.6 Å². The molecule has 1 N–H and O–H groups in total. The van der Waals surface area contributed by atoms with E-state index in [-0.39, 0.29) is 18.1 Å². The predicted molar refractivity (Wildman–Crippen MR) is 69.4 cm³/mol. The summed E-state index contributed by atoms with van der Waals surface area (Å²) in [6.07, 6.45) is 1.40. The second-order valence-electron chi connectivity index (χ2n) is 4.05. The van der Waals surface area contributed by atoms with Crippen LogP contribution in [0, 0.1) is 0 Å². The van der Waals surface area contributed by atoms with Crippen LogP contribution in [0.15, 0.2) is 47.4 Å². The minimum absolute atomic E-state index is 0.138. The molecule has 2 rings (SSSR count). The van der Waals surface area contributed by atoms with Crippen LogP contribution in [0.25, 0.3) is 0 Å². The number of rotatable bonds is 4. The summed E-state index contributed by atoms with van der Waals surface area (Å²) in [5.41, 5.74) is 0.277. The fourth-order valence-electron chi connectivity index (χ4n) is 1.72. The first kappa shape index (κ1) is 12.9. The number of hydrogen-bond donors (Lipinski definition) is 1. The Kier molecular flexibility index (Phi) is 3.66. The van der Waals surface area contributed by atoms with Crippen molar-refractivity contribution in [2.75, 3.05) is 0 Å². The first-order valence-corrected chi connectivity index (χ1v) is 5.69. The second-order valence-corrected chi connectivity index (χ2v) is 4.05. The molecule has 0 saturated heterocycles. The lowest BCUT2D eigenvalue weighted by Crippen LogP contribution is -2.18. The van der Waals surface area contributed by atoms with Gasteiger partial charge >= 0.3 is 5.97 Å². The molecule has 2 aromatic rings. The quantitative estimate of drug-likeness (QED) is 0.906. The number of aromatic nitrogens is 1. The van der Waals surface area contributed by atoms with Gasteiger partial charge in [0.05, 0.1) is 0 Å². The smallest absolute Gasteiger partial charge is 0.356 e. The summed E-state index contributed by atoms with van der Waals surface area (Å²) in [5.74, 6) is -1.33. The standard InChI is InChI=1S/C14H13NO4/c1-15-8-7-11(16)13(12(15)14(17)18)19-9-10-5-3-2-4-6-10/h2-8H,9H2,1H3,(H,17,18). The van der Waals surface area contributed by atoms with E-state index in [1.807, 2.05) is 30.3 Å². The third-order valence-electron chi connectivity index (χ3n) is 2.67. The minimum Gasteiger partial charge on any atom is -0.482 e. The van der Waals surface area contributed by atoms with E-state index in [2.05, 4.69) is 0 Å². The van der Waals surface area contributed by atoms with Crippen LogP contribution in [0.1, 0.15) is 16.1 Å². The Morgan fingerprint density at radius 2 is 1.95 bits per heavy atom. The van der Waals surface area contributed by atoms with Gasteiger partial charge in [0.2, 0.25) is 5.43 Å². The Morgan fingerprint density at radius 1 is 1.26 bits per heavy atom. The van der Waals surface area contributed by atoms with E-state index in [1.165, 1.54) is 16.8 Å². The van der Waals surface area contributed by atoms with E-state index in [1.54, 1.807) is 7.05 Å². The zero-order valence-electron chi connectivity index (χ0n) is 10.4. The van der Waals surface area contributed by atoms with Crippen LogP contribution in [0.4, 0.5) is 0 Å². The van der Waals surface area contributed by atoms with Crippen LogP contribution in [-0.4, -0.2) is 15.6 Å². The van der Waals surface area contributed by atoms with Gasteiger partial charge in [-0.1, -0.05) is 30.3 Å². The maximum absolute atomic E-state index is 11.7. The summed E-state index contributed by atoms with van der Waals surface area (Å²) < 4.78 is 6.73. The molecular weight excluding hydrogens is 246 g/mol. The number of carbonyl (C=O) groups is 1. The first-order chi connectivity index (χ1) is 9.09. The molecule has 0 aliphatic rings. The highest BCUT2D eigenvalue weighted by Gasteiger charge is 2.17. The number of aryl methyl sites for hydroxylation is 1.